The molecule has 7 heteroatoms. The maximum atomic E-state index is 13.5. The number of H-pyrrole nitrogens is 1. The highest BCUT2D eigenvalue weighted by atomic mass is 35.5. The van der Waals surface area contributed by atoms with Gasteiger partial charge in [0.15, 0.2) is 0 Å². The number of likely N-dealkylation sites (tertiary alicyclic amines) is 1. The Bertz CT molecular complexity index is 1040. The van der Waals surface area contributed by atoms with Gasteiger partial charge in [0.2, 0.25) is 0 Å². The number of rotatable bonds is 4. The lowest BCUT2D eigenvalue weighted by molar-refractivity contribution is 0.0704. The first-order valence-electron chi connectivity index (χ1n) is 10.2. The Kier molecular flexibility index (Phi) is 4.66. The highest BCUT2D eigenvalue weighted by molar-refractivity contribution is 6.31. The van der Waals surface area contributed by atoms with Gasteiger partial charge in [0.05, 0.1) is 23.1 Å². The lowest BCUT2D eigenvalue weighted by Gasteiger charge is -2.32. The summed E-state index contributed by atoms with van der Waals surface area (Å²) in [5, 5.41) is 12.4. The van der Waals surface area contributed by atoms with Gasteiger partial charge in [-0.25, -0.2) is 4.68 Å². The van der Waals surface area contributed by atoms with Gasteiger partial charge in [0.25, 0.3) is 5.91 Å². The molecule has 1 atom stereocenters. The number of carbonyl (C=O) groups is 1. The van der Waals surface area contributed by atoms with Gasteiger partial charge in [0.1, 0.15) is 0 Å². The third-order valence-electron chi connectivity index (χ3n) is 6.07. The van der Waals surface area contributed by atoms with E-state index in [4.69, 9.17) is 11.6 Å². The first-order valence-corrected chi connectivity index (χ1v) is 10.6. The molecule has 1 unspecified atom stereocenters. The minimum Gasteiger partial charge on any atom is -0.338 e. The maximum Gasteiger partial charge on any atom is 0.257 e. The topological polar surface area (TPSA) is 66.8 Å². The largest absolute Gasteiger partial charge is 0.338 e. The summed E-state index contributed by atoms with van der Waals surface area (Å²) >= 11 is 6.34. The summed E-state index contributed by atoms with van der Waals surface area (Å²) in [5.74, 6) is 0.788. The summed E-state index contributed by atoms with van der Waals surface area (Å²) in [5.41, 5.74) is 4.81. The zero-order valence-corrected chi connectivity index (χ0v) is 17.2. The second-order valence-electron chi connectivity index (χ2n) is 8.17. The summed E-state index contributed by atoms with van der Waals surface area (Å²) in [4.78, 5) is 15.4. The molecule has 1 N–H and O–H groups in total. The van der Waals surface area contributed by atoms with Gasteiger partial charge in [-0.05, 0) is 56.4 Å². The first-order chi connectivity index (χ1) is 14.1. The SMILES string of the molecule is Cc1ccc(-n2ncc(C(=O)N3CCCC(c4ccn[nH]4)C3)c2C2CC2)cc1Cl. The third kappa shape index (κ3) is 3.46. The van der Waals surface area contributed by atoms with Crippen molar-refractivity contribution < 1.29 is 4.79 Å². The van der Waals surface area contributed by atoms with Crippen molar-refractivity contribution in [2.45, 2.75) is 44.4 Å². The first kappa shape index (κ1) is 18.4. The minimum atomic E-state index is 0.0839. The minimum absolute atomic E-state index is 0.0839. The molecule has 5 rings (SSSR count). The van der Waals surface area contributed by atoms with Crippen LogP contribution in [-0.4, -0.2) is 43.9 Å². The van der Waals surface area contributed by atoms with Crippen molar-refractivity contribution in [3.05, 3.63) is 64.2 Å². The number of halogens is 1. The van der Waals surface area contributed by atoms with Crippen LogP contribution in [0.2, 0.25) is 5.02 Å². The predicted octanol–water partition coefficient (Wildman–Crippen LogP) is 4.45. The Morgan fingerprint density at radius 2 is 2.07 bits per heavy atom. The van der Waals surface area contributed by atoms with Crippen LogP contribution in [0.15, 0.2) is 36.7 Å². The molecule has 3 aromatic rings. The standard InChI is InChI=1S/C22H24ClN5O/c1-14-4-7-17(11-19(14)23)28-21(15-5-6-15)18(12-25-28)22(29)27-10-2-3-16(13-27)20-8-9-24-26-20/h4,7-9,11-12,15-16H,2-3,5-6,10,13H2,1H3,(H,24,26). The molecular formula is C22H24ClN5O. The molecule has 150 valence electrons. The second-order valence-corrected chi connectivity index (χ2v) is 8.57. The summed E-state index contributed by atoms with van der Waals surface area (Å²) in [6.07, 6.45) is 7.78. The lowest BCUT2D eigenvalue weighted by atomic mass is 9.94. The van der Waals surface area contributed by atoms with E-state index >= 15 is 0 Å². The number of piperidine rings is 1. The van der Waals surface area contributed by atoms with Gasteiger partial charge in [-0.2, -0.15) is 10.2 Å². The van der Waals surface area contributed by atoms with Crippen LogP contribution < -0.4 is 0 Å². The normalized spacial score (nSPS) is 19.5. The molecule has 2 aliphatic rings. The molecule has 6 nitrogen and oxygen atoms in total. The number of carbonyl (C=O) groups excluding carboxylic acids is 1. The molecule has 1 saturated carbocycles. The van der Waals surface area contributed by atoms with E-state index in [2.05, 4.69) is 15.3 Å². The fourth-order valence-corrected chi connectivity index (χ4v) is 4.45. The Balaban J connectivity index is 1.45. The molecule has 1 aliphatic heterocycles. The zero-order valence-electron chi connectivity index (χ0n) is 16.4. The van der Waals surface area contributed by atoms with Crippen molar-refractivity contribution in [2.24, 2.45) is 0 Å². The van der Waals surface area contributed by atoms with Crippen molar-refractivity contribution in [2.75, 3.05) is 13.1 Å². The highest BCUT2D eigenvalue weighted by Crippen LogP contribution is 2.43. The van der Waals surface area contributed by atoms with Crippen molar-refractivity contribution in [1.82, 2.24) is 24.9 Å². The number of nitrogens with zero attached hydrogens (tertiary/aromatic N) is 4. The smallest absolute Gasteiger partial charge is 0.257 e. The Hall–Kier alpha value is -2.60. The van der Waals surface area contributed by atoms with E-state index in [1.807, 2.05) is 40.8 Å². The monoisotopic (exact) mass is 409 g/mol. The quantitative estimate of drug-likeness (QED) is 0.692. The average Bonchev–Trinajstić information content (AvgIpc) is 3.25. The number of aryl methyl sites for hydroxylation is 1. The molecule has 1 aliphatic carbocycles. The molecule has 1 saturated heterocycles. The fourth-order valence-electron chi connectivity index (χ4n) is 4.27. The van der Waals surface area contributed by atoms with Crippen molar-refractivity contribution in [3.63, 3.8) is 0 Å². The molecule has 2 aromatic heterocycles. The Morgan fingerprint density at radius 3 is 2.79 bits per heavy atom. The van der Waals surface area contributed by atoms with Gasteiger partial charge in [-0.3, -0.25) is 9.89 Å². The van der Waals surface area contributed by atoms with Crippen LogP contribution in [0.25, 0.3) is 5.69 Å². The number of aromatic nitrogens is 4. The Labute approximate surface area is 174 Å². The van der Waals surface area contributed by atoms with E-state index in [0.717, 1.165) is 60.4 Å². The molecule has 1 aromatic carbocycles. The van der Waals surface area contributed by atoms with Crippen molar-refractivity contribution >= 4 is 17.5 Å². The molecule has 3 heterocycles. The zero-order chi connectivity index (χ0) is 20.0. The van der Waals surface area contributed by atoms with E-state index in [9.17, 15) is 4.79 Å². The molecule has 0 bridgehead atoms. The number of aromatic amines is 1. The molecule has 1 amide bonds. The molecule has 0 spiro atoms. The van der Waals surface area contributed by atoms with Gasteiger partial charge >= 0.3 is 0 Å². The van der Waals surface area contributed by atoms with Gasteiger partial charge < -0.3 is 4.90 Å². The number of amides is 1. The van der Waals surface area contributed by atoms with Crippen LogP contribution in [0.1, 0.15) is 64.8 Å². The van der Waals surface area contributed by atoms with Crippen LogP contribution in [0.5, 0.6) is 0 Å². The number of nitrogens with one attached hydrogen (secondary N) is 1. The molecule has 0 radical (unpaired) electrons. The van der Waals surface area contributed by atoms with Gasteiger partial charge in [-0.1, -0.05) is 17.7 Å². The molecule has 29 heavy (non-hydrogen) atoms. The summed E-state index contributed by atoms with van der Waals surface area (Å²) in [6.45, 7) is 3.49. The maximum absolute atomic E-state index is 13.5. The number of hydrogen-bond acceptors (Lipinski definition) is 3. The average molecular weight is 410 g/mol. The van der Waals surface area contributed by atoms with Gasteiger partial charge in [-0.15, -0.1) is 0 Å². The van der Waals surface area contributed by atoms with E-state index in [-0.39, 0.29) is 5.91 Å². The Morgan fingerprint density at radius 1 is 1.21 bits per heavy atom. The third-order valence-corrected chi connectivity index (χ3v) is 6.48. The summed E-state index contributed by atoms with van der Waals surface area (Å²) in [6, 6.07) is 7.95. The van der Waals surface area contributed by atoms with Crippen LogP contribution in [-0.2, 0) is 0 Å². The summed E-state index contributed by atoms with van der Waals surface area (Å²) < 4.78 is 1.91. The van der Waals surface area contributed by atoms with E-state index < -0.39 is 0 Å². The van der Waals surface area contributed by atoms with Gasteiger partial charge in [0, 0.05) is 41.8 Å². The fraction of sp³-hybridized carbons (Fsp3) is 0.409. The number of benzene rings is 1. The van der Waals surface area contributed by atoms with Crippen molar-refractivity contribution in [3.8, 4) is 5.69 Å². The summed E-state index contributed by atoms with van der Waals surface area (Å²) in [7, 11) is 0. The van der Waals surface area contributed by atoms with Crippen LogP contribution >= 0.6 is 11.6 Å². The van der Waals surface area contributed by atoms with E-state index in [1.165, 1.54) is 0 Å². The predicted molar refractivity (Wildman–Crippen MR) is 112 cm³/mol. The van der Waals surface area contributed by atoms with Crippen LogP contribution in [0, 0.1) is 6.92 Å². The van der Waals surface area contributed by atoms with E-state index in [1.54, 1.807) is 12.4 Å². The second kappa shape index (κ2) is 7.34. The number of hydrogen-bond donors (Lipinski definition) is 1. The van der Waals surface area contributed by atoms with E-state index in [0.29, 0.717) is 23.4 Å². The molecule has 2 fully saturated rings. The molecular weight excluding hydrogens is 386 g/mol. The van der Waals surface area contributed by atoms with Crippen molar-refractivity contribution in [1.29, 1.82) is 0 Å². The van der Waals surface area contributed by atoms with Crippen LogP contribution in [0.3, 0.4) is 0 Å². The lowest BCUT2D eigenvalue weighted by Crippen LogP contribution is -2.39. The van der Waals surface area contributed by atoms with Crippen LogP contribution in [0.4, 0.5) is 0 Å². The highest BCUT2D eigenvalue weighted by Gasteiger charge is 2.35.